The molecule has 0 saturated carbocycles. The molecule has 1 aromatic rings. The molecule has 1 rings (SSSR count). The number of ketones is 1. The monoisotopic (exact) mass is 336 g/mol. The SMILES string of the molecule is O=C(CCBr)c1c(C(F)F)cccc1C(O)C(=O)O. The summed E-state index contributed by atoms with van der Waals surface area (Å²) in [6, 6.07) is 3.39. The number of aliphatic hydroxyl groups is 1. The maximum atomic E-state index is 12.9. The van der Waals surface area contributed by atoms with Gasteiger partial charge in [-0.25, -0.2) is 13.6 Å². The Bertz CT molecular complexity index is 491. The third kappa shape index (κ3) is 3.57. The number of carboxylic acids is 1. The molecule has 104 valence electrons. The van der Waals surface area contributed by atoms with Gasteiger partial charge in [0.1, 0.15) is 0 Å². The van der Waals surface area contributed by atoms with Crippen LogP contribution in [0.1, 0.15) is 40.4 Å². The van der Waals surface area contributed by atoms with E-state index in [9.17, 15) is 23.5 Å². The molecule has 4 nitrogen and oxygen atoms in total. The molecular weight excluding hydrogens is 326 g/mol. The smallest absolute Gasteiger partial charge is 0.337 e. The van der Waals surface area contributed by atoms with Gasteiger partial charge in [0.15, 0.2) is 11.9 Å². The van der Waals surface area contributed by atoms with Crippen molar-refractivity contribution in [1.29, 1.82) is 0 Å². The molecule has 0 saturated heterocycles. The first-order chi connectivity index (χ1) is 8.90. The maximum Gasteiger partial charge on any atom is 0.337 e. The molecule has 19 heavy (non-hydrogen) atoms. The van der Waals surface area contributed by atoms with E-state index in [1.165, 1.54) is 6.07 Å². The standard InChI is InChI=1S/C12H11BrF2O4/c13-5-4-8(16)9-6(10(17)12(18)19)2-1-3-7(9)11(14)15/h1-3,10-11,17H,4-5H2,(H,18,19). The third-order valence-electron chi connectivity index (χ3n) is 2.49. The Labute approximate surface area is 116 Å². The number of alkyl halides is 3. The van der Waals surface area contributed by atoms with E-state index in [0.717, 1.165) is 12.1 Å². The van der Waals surface area contributed by atoms with Crippen molar-refractivity contribution in [3.8, 4) is 0 Å². The van der Waals surface area contributed by atoms with E-state index in [0.29, 0.717) is 0 Å². The van der Waals surface area contributed by atoms with Crippen LogP contribution in [0.5, 0.6) is 0 Å². The normalized spacial score (nSPS) is 12.5. The largest absolute Gasteiger partial charge is 0.479 e. The van der Waals surface area contributed by atoms with Crippen LogP contribution in [0.3, 0.4) is 0 Å². The Morgan fingerprint density at radius 3 is 2.32 bits per heavy atom. The van der Waals surface area contributed by atoms with E-state index in [1.54, 1.807) is 0 Å². The van der Waals surface area contributed by atoms with Gasteiger partial charge in [-0.3, -0.25) is 4.79 Å². The Hall–Kier alpha value is -1.34. The zero-order valence-electron chi connectivity index (χ0n) is 9.65. The highest BCUT2D eigenvalue weighted by atomic mass is 79.9. The van der Waals surface area contributed by atoms with Crippen LogP contribution in [-0.4, -0.2) is 27.3 Å². The van der Waals surface area contributed by atoms with Crippen molar-refractivity contribution in [2.24, 2.45) is 0 Å². The predicted octanol–water partition coefficient (Wildman–Crippen LogP) is 2.71. The van der Waals surface area contributed by atoms with Crippen LogP contribution in [0.4, 0.5) is 8.78 Å². The number of hydrogen-bond donors (Lipinski definition) is 2. The van der Waals surface area contributed by atoms with Crippen molar-refractivity contribution in [2.75, 3.05) is 5.33 Å². The molecule has 0 heterocycles. The summed E-state index contributed by atoms with van der Waals surface area (Å²) in [5.41, 5.74) is -1.29. The summed E-state index contributed by atoms with van der Waals surface area (Å²) in [7, 11) is 0. The molecule has 0 radical (unpaired) electrons. The van der Waals surface area contributed by atoms with Gasteiger partial charge in [-0.1, -0.05) is 34.1 Å². The summed E-state index contributed by atoms with van der Waals surface area (Å²) in [5.74, 6) is -2.23. The summed E-state index contributed by atoms with van der Waals surface area (Å²) < 4.78 is 25.8. The molecule has 1 unspecified atom stereocenters. The molecule has 1 aromatic carbocycles. The summed E-state index contributed by atoms with van der Waals surface area (Å²) in [6.45, 7) is 0. The average Bonchev–Trinajstić information content (AvgIpc) is 2.36. The summed E-state index contributed by atoms with van der Waals surface area (Å²) in [4.78, 5) is 22.6. The second kappa shape index (κ2) is 6.72. The van der Waals surface area contributed by atoms with E-state index >= 15 is 0 Å². The van der Waals surface area contributed by atoms with Crippen LogP contribution in [0, 0.1) is 0 Å². The van der Waals surface area contributed by atoms with Crippen LogP contribution in [-0.2, 0) is 4.79 Å². The number of rotatable bonds is 6. The third-order valence-corrected chi connectivity index (χ3v) is 2.89. The summed E-state index contributed by atoms with van der Waals surface area (Å²) in [5, 5.41) is 18.5. The van der Waals surface area contributed by atoms with Gasteiger partial charge in [-0.05, 0) is 0 Å². The zero-order chi connectivity index (χ0) is 14.6. The Kier molecular flexibility index (Phi) is 5.56. The highest BCUT2D eigenvalue weighted by Gasteiger charge is 2.27. The number of aliphatic hydroxyl groups excluding tert-OH is 1. The van der Waals surface area contributed by atoms with Gasteiger partial charge in [0.2, 0.25) is 0 Å². The molecule has 0 aliphatic rings. The first-order valence-corrected chi connectivity index (χ1v) is 6.43. The number of Topliss-reactive ketones (excluding diaryl/α,β-unsaturated/α-hetero) is 1. The number of carbonyl (C=O) groups is 2. The minimum absolute atomic E-state index is 0.0664. The van der Waals surface area contributed by atoms with Crippen molar-refractivity contribution in [1.82, 2.24) is 0 Å². The topological polar surface area (TPSA) is 74.6 Å². The van der Waals surface area contributed by atoms with Gasteiger partial charge >= 0.3 is 5.97 Å². The van der Waals surface area contributed by atoms with Crippen molar-refractivity contribution in [2.45, 2.75) is 19.0 Å². The molecule has 0 fully saturated rings. The number of hydrogen-bond acceptors (Lipinski definition) is 3. The molecule has 0 amide bonds. The van der Waals surface area contributed by atoms with E-state index < -0.39 is 35.4 Å². The predicted molar refractivity (Wildman–Crippen MR) is 66.7 cm³/mol. The molecule has 0 aromatic heterocycles. The van der Waals surface area contributed by atoms with Crippen LogP contribution < -0.4 is 0 Å². The van der Waals surface area contributed by atoms with Crippen molar-refractivity contribution >= 4 is 27.7 Å². The molecule has 0 aliphatic heterocycles. The second-order valence-corrected chi connectivity index (χ2v) is 4.51. The maximum absolute atomic E-state index is 12.9. The molecule has 0 spiro atoms. The van der Waals surface area contributed by atoms with Crippen molar-refractivity contribution < 1.29 is 28.6 Å². The lowest BCUT2D eigenvalue weighted by atomic mass is 9.93. The fourth-order valence-corrected chi connectivity index (χ4v) is 2.02. The summed E-state index contributed by atoms with van der Waals surface area (Å²) >= 11 is 3.01. The zero-order valence-corrected chi connectivity index (χ0v) is 11.2. The van der Waals surface area contributed by atoms with Gasteiger partial charge in [0.25, 0.3) is 6.43 Å². The lowest BCUT2D eigenvalue weighted by Crippen LogP contribution is -2.17. The number of halogens is 3. The van der Waals surface area contributed by atoms with Crippen LogP contribution in [0.15, 0.2) is 18.2 Å². The van der Waals surface area contributed by atoms with Crippen LogP contribution in [0.25, 0.3) is 0 Å². The quantitative estimate of drug-likeness (QED) is 0.618. The first-order valence-electron chi connectivity index (χ1n) is 5.31. The van der Waals surface area contributed by atoms with Crippen LogP contribution >= 0.6 is 15.9 Å². The first kappa shape index (κ1) is 15.7. The summed E-state index contributed by atoms with van der Waals surface area (Å²) in [6.07, 6.45) is -4.99. The van der Waals surface area contributed by atoms with Gasteiger partial charge in [0, 0.05) is 28.4 Å². The molecule has 7 heteroatoms. The number of carboxylic acid groups (broad SMARTS) is 1. The van der Waals surface area contributed by atoms with Crippen molar-refractivity contribution in [3.05, 3.63) is 34.9 Å². The highest BCUT2D eigenvalue weighted by Crippen LogP contribution is 2.30. The fraction of sp³-hybridized carbons (Fsp3) is 0.333. The molecule has 0 aliphatic carbocycles. The molecule has 1 atom stereocenters. The molecular formula is C12H11BrF2O4. The lowest BCUT2D eigenvalue weighted by Gasteiger charge is -2.15. The number of benzene rings is 1. The van der Waals surface area contributed by atoms with Gasteiger partial charge in [-0.2, -0.15) is 0 Å². The minimum Gasteiger partial charge on any atom is -0.479 e. The van der Waals surface area contributed by atoms with Gasteiger partial charge < -0.3 is 10.2 Å². The second-order valence-electron chi connectivity index (χ2n) is 3.72. The van der Waals surface area contributed by atoms with Crippen LogP contribution in [0.2, 0.25) is 0 Å². The van der Waals surface area contributed by atoms with Gasteiger partial charge in [-0.15, -0.1) is 0 Å². The fourth-order valence-electron chi connectivity index (χ4n) is 1.66. The Morgan fingerprint density at radius 2 is 1.84 bits per heavy atom. The molecule has 0 bridgehead atoms. The highest BCUT2D eigenvalue weighted by molar-refractivity contribution is 9.09. The Morgan fingerprint density at radius 1 is 1.26 bits per heavy atom. The number of carbonyl (C=O) groups excluding carboxylic acids is 1. The van der Waals surface area contributed by atoms with Gasteiger partial charge in [0.05, 0.1) is 0 Å². The van der Waals surface area contributed by atoms with Crippen molar-refractivity contribution in [3.63, 3.8) is 0 Å². The Balaban J connectivity index is 3.42. The minimum atomic E-state index is -2.92. The van der Waals surface area contributed by atoms with E-state index in [2.05, 4.69) is 15.9 Å². The van der Waals surface area contributed by atoms with E-state index in [1.807, 2.05) is 0 Å². The average molecular weight is 337 g/mol. The number of aliphatic carboxylic acids is 1. The lowest BCUT2D eigenvalue weighted by molar-refractivity contribution is -0.146. The molecule has 2 N–H and O–H groups in total. The van der Waals surface area contributed by atoms with E-state index in [4.69, 9.17) is 5.11 Å². The van der Waals surface area contributed by atoms with E-state index in [-0.39, 0.29) is 17.3 Å².